The normalized spacial score (nSPS) is 10.4. The second-order valence-electron chi connectivity index (χ2n) is 5.08. The van der Waals surface area contributed by atoms with Crippen LogP contribution < -0.4 is 0 Å². The number of H-pyrrole nitrogens is 1. The second-order valence-corrected chi connectivity index (χ2v) is 5.08. The van der Waals surface area contributed by atoms with Crippen LogP contribution in [0.2, 0.25) is 0 Å². The van der Waals surface area contributed by atoms with E-state index in [1.165, 1.54) is 18.5 Å². The molecule has 0 unspecified atom stereocenters. The predicted octanol–water partition coefficient (Wildman–Crippen LogP) is 3.20. The fourth-order valence-corrected chi connectivity index (χ4v) is 2.32. The van der Waals surface area contributed by atoms with Crippen molar-refractivity contribution in [1.29, 1.82) is 0 Å². The van der Waals surface area contributed by atoms with E-state index in [-0.39, 0.29) is 24.5 Å². The maximum atomic E-state index is 12.4. The zero-order valence-corrected chi connectivity index (χ0v) is 13.5. The van der Waals surface area contributed by atoms with Gasteiger partial charge >= 0.3 is 11.9 Å². The van der Waals surface area contributed by atoms with Gasteiger partial charge in [0.1, 0.15) is 11.1 Å². The molecule has 7 nitrogen and oxygen atoms in total. The van der Waals surface area contributed by atoms with Gasteiger partial charge in [0.05, 0.1) is 24.8 Å². The minimum Gasteiger partial charge on any atom is -0.465 e. The van der Waals surface area contributed by atoms with Crippen LogP contribution >= 0.6 is 0 Å². The van der Waals surface area contributed by atoms with Gasteiger partial charge in [-0.2, -0.15) is 5.10 Å². The number of rotatable bonds is 6. The highest BCUT2D eigenvalue weighted by Crippen LogP contribution is 2.22. The molecule has 3 aromatic rings. The lowest BCUT2D eigenvalue weighted by Crippen LogP contribution is -2.09. The Morgan fingerprint density at radius 1 is 1.08 bits per heavy atom. The summed E-state index contributed by atoms with van der Waals surface area (Å²) in [5.74, 6) is -0.856. The van der Waals surface area contributed by atoms with Crippen LogP contribution in [0.3, 0.4) is 0 Å². The Kier molecular flexibility index (Phi) is 4.94. The van der Waals surface area contributed by atoms with Crippen molar-refractivity contribution in [2.75, 3.05) is 6.61 Å². The molecule has 0 bridgehead atoms. The standard InChI is InChI=1S/C18H16N2O5/c1-2-23-17(21)13-8-9-24-15(13)11-25-18(22)14-10-19-20-16(14)12-6-4-3-5-7-12/h3-10H,2,11H2,1H3,(H,19,20). The lowest BCUT2D eigenvalue weighted by molar-refractivity contribution is 0.0423. The third-order valence-electron chi connectivity index (χ3n) is 3.50. The van der Waals surface area contributed by atoms with E-state index >= 15 is 0 Å². The summed E-state index contributed by atoms with van der Waals surface area (Å²) >= 11 is 0. The van der Waals surface area contributed by atoms with Crippen molar-refractivity contribution in [3.63, 3.8) is 0 Å². The number of carbonyl (C=O) groups excluding carboxylic acids is 2. The molecule has 2 heterocycles. The average Bonchev–Trinajstić information content (AvgIpc) is 3.30. The third-order valence-corrected chi connectivity index (χ3v) is 3.50. The SMILES string of the molecule is CCOC(=O)c1ccoc1COC(=O)c1cn[nH]c1-c1ccccc1. The average molecular weight is 340 g/mol. The summed E-state index contributed by atoms with van der Waals surface area (Å²) in [7, 11) is 0. The lowest BCUT2D eigenvalue weighted by Gasteiger charge is -2.06. The van der Waals surface area contributed by atoms with E-state index in [0.717, 1.165) is 5.56 Å². The molecule has 0 saturated carbocycles. The van der Waals surface area contributed by atoms with E-state index in [2.05, 4.69) is 10.2 Å². The Balaban J connectivity index is 1.72. The first kappa shape index (κ1) is 16.5. The van der Waals surface area contributed by atoms with Crippen molar-refractivity contribution in [1.82, 2.24) is 10.2 Å². The van der Waals surface area contributed by atoms with Crippen LogP contribution in [0.15, 0.2) is 53.3 Å². The first-order valence-corrected chi connectivity index (χ1v) is 7.70. The number of nitrogens with one attached hydrogen (secondary N) is 1. The summed E-state index contributed by atoms with van der Waals surface area (Å²) < 4.78 is 15.4. The Morgan fingerprint density at radius 2 is 1.84 bits per heavy atom. The summed E-state index contributed by atoms with van der Waals surface area (Å²) in [6.45, 7) is 1.78. The number of carbonyl (C=O) groups is 2. The number of aromatic nitrogens is 2. The highest BCUT2D eigenvalue weighted by atomic mass is 16.5. The number of hydrogen-bond acceptors (Lipinski definition) is 6. The van der Waals surface area contributed by atoms with Crippen LogP contribution in [-0.4, -0.2) is 28.7 Å². The molecule has 2 aromatic heterocycles. The number of esters is 2. The molecule has 0 aliphatic heterocycles. The number of aromatic amines is 1. The van der Waals surface area contributed by atoms with Crippen molar-refractivity contribution >= 4 is 11.9 Å². The van der Waals surface area contributed by atoms with E-state index in [0.29, 0.717) is 11.3 Å². The molecule has 0 fully saturated rings. The highest BCUT2D eigenvalue weighted by molar-refractivity contribution is 5.96. The van der Waals surface area contributed by atoms with Gasteiger partial charge in [0, 0.05) is 5.56 Å². The van der Waals surface area contributed by atoms with Crippen molar-refractivity contribution in [3.8, 4) is 11.3 Å². The maximum Gasteiger partial charge on any atom is 0.342 e. The van der Waals surface area contributed by atoms with Gasteiger partial charge in [-0.1, -0.05) is 30.3 Å². The number of furan rings is 1. The first-order valence-electron chi connectivity index (χ1n) is 7.70. The number of ether oxygens (including phenoxy) is 2. The highest BCUT2D eigenvalue weighted by Gasteiger charge is 2.20. The van der Waals surface area contributed by atoms with Crippen molar-refractivity contribution in [2.24, 2.45) is 0 Å². The third kappa shape index (κ3) is 3.60. The Bertz CT molecular complexity index is 866. The maximum absolute atomic E-state index is 12.4. The fourth-order valence-electron chi connectivity index (χ4n) is 2.32. The van der Waals surface area contributed by atoms with Gasteiger partial charge < -0.3 is 13.9 Å². The smallest absolute Gasteiger partial charge is 0.342 e. The molecule has 0 aliphatic carbocycles. The van der Waals surface area contributed by atoms with Gasteiger partial charge in [-0.25, -0.2) is 9.59 Å². The van der Waals surface area contributed by atoms with Gasteiger partial charge in [-0.3, -0.25) is 5.10 Å². The van der Waals surface area contributed by atoms with E-state index in [4.69, 9.17) is 13.9 Å². The zero-order valence-electron chi connectivity index (χ0n) is 13.5. The molecule has 0 amide bonds. The van der Waals surface area contributed by atoms with Gasteiger partial charge in [-0.05, 0) is 13.0 Å². The van der Waals surface area contributed by atoms with E-state index < -0.39 is 11.9 Å². The quantitative estimate of drug-likeness (QED) is 0.693. The van der Waals surface area contributed by atoms with Crippen LogP contribution in [0.4, 0.5) is 0 Å². The van der Waals surface area contributed by atoms with Crippen molar-refractivity contribution in [3.05, 3.63) is 65.7 Å². The second kappa shape index (κ2) is 7.48. The summed E-state index contributed by atoms with van der Waals surface area (Å²) in [6, 6.07) is 10.8. The zero-order chi connectivity index (χ0) is 17.6. The fraction of sp³-hybridized carbons (Fsp3) is 0.167. The van der Waals surface area contributed by atoms with Crippen LogP contribution in [0.25, 0.3) is 11.3 Å². The van der Waals surface area contributed by atoms with E-state index in [1.807, 2.05) is 30.3 Å². The minimum atomic E-state index is -0.571. The van der Waals surface area contributed by atoms with Crippen molar-refractivity contribution in [2.45, 2.75) is 13.5 Å². The molecule has 3 rings (SSSR count). The van der Waals surface area contributed by atoms with Crippen LogP contribution in [0.1, 0.15) is 33.4 Å². The summed E-state index contributed by atoms with van der Waals surface area (Å²) in [6.07, 6.45) is 2.75. The molecule has 1 aromatic carbocycles. The van der Waals surface area contributed by atoms with Gasteiger partial charge in [0.25, 0.3) is 0 Å². The summed E-state index contributed by atoms with van der Waals surface area (Å²) in [5, 5.41) is 6.71. The molecule has 25 heavy (non-hydrogen) atoms. The van der Waals surface area contributed by atoms with Gasteiger partial charge in [-0.15, -0.1) is 0 Å². The Labute approximate surface area is 143 Å². The van der Waals surface area contributed by atoms with Crippen LogP contribution in [0, 0.1) is 0 Å². The minimum absolute atomic E-state index is 0.181. The van der Waals surface area contributed by atoms with Crippen molar-refractivity contribution < 1.29 is 23.5 Å². The predicted molar refractivity (Wildman–Crippen MR) is 87.8 cm³/mol. The van der Waals surface area contributed by atoms with Crippen LogP contribution in [-0.2, 0) is 16.1 Å². The topological polar surface area (TPSA) is 94.4 Å². The molecule has 0 radical (unpaired) electrons. The molecular formula is C18H16N2O5. The van der Waals surface area contributed by atoms with Gasteiger partial charge in [0.2, 0.25) is 0 Å². The number of hydrogen-bond donors (Lipinski definition) is 1. The Hall–Kier alpha value is -3.35. The lowest BCUT2D eigenvalue weighted by atomic mass is 10.1. The van der Waals surface area contributed by atoms with E-state index in [9.17, 15) is 9.59 Å². The molecule has 0 spiro atoms. The number of benzene rings is 1. The summed E-state index contributed by atoms with van der Waals surface area (Å²) in [4.78, 5) is 24.2. The van der Waals surface area contributed by atoms with Gasteiger partial charge in [0.15, 0.2) is 12.4 Å². The van der Waals surface area contributed by atoms with Crippen LogP contribution in [0.5, 0.6) is 0 Å². The molecular weight excluding hydrogens is 324 g/mol. The number of nitrogens with zero attached hydrogens (tertiary/aromatic N) is 1. The molecule has 128 valence electrons. The monoisotopic (exact) mass is 340 g/mol. The molecule has 0 atom stereocenters. The molecule has 7 heteroatoms. The first-order chi connectivity index (χ1) is 12.2. The largest absolute Gasteiger partial charge is 0.465 e. The summed E-state index contributed by atoms with van der Waals surface area (Å²) in [5.41, 5.74) is 1.92. The molecule has 1 N–H and O–H groups in total. The molecule has 0 saturated heterocycles. The van der Waals surface area contributed by atoms with E-state index in [1.54, 1.807) is 6.92 Å². The molecule has 0 aliphatic rings. The Morgan fingerprint density at radius 3 is 2.60 bits per heavy atom.